The van der Waals surface area contributed by atoms with Crippen LogP contribution in [0.2, 0.25) is 0 Å². The summed E-state index contributed by atoms with van der Waals surface area (Å²) in [5.41, 5.74) is 2.46. The largest absolute Gasteiger partial charge is 0.462 e. The normalized spacial score (nSPS) is 11.5. The van der Waals surface area contributed by atoms with Gasteiger partial charge in [0.05, 0.1) is 30.2 Å². The number of carbonyl (C=O) groups excluding carboxylic acids is 1. The molecule has 1 N–H and O–H groups in total. The first kappa shape index (κ1) is 16.2. The van der Waals surface area contributed by atoms with Crippen LogP contribution in [0.1, 0.15) is 49.4 Å². The zero-order valence-electron chi connectivity index (χ0n) is 13.3. The average Bonchev–Trinajstić information content (AvgIpc) is 2.91. The van der Waals surface area contributed by atoms with Gasteiger partial charge >= 0.3 is 5.97 Å². The molecule has 0 aliphatic heterocycles. The van der Waals surface area contributed by atoms with Crippen LogP contribution in [-0.4, -0.2) is 32.7 Å². The van der Waals surface area contributed by atoms with Gasteiger partial charge in [-0.25, -0.2) is 9.48 Å². The van der Waals surface area contributed by atoms with Crippen molar-refractivity contribution >= 4 is 5.97 Å². The Labute approximate surface area is 129 Å². The van der Waals surface area contributed by atoms with Crippen molar-refractivity contribution in [3.05, 3.63) is 41.2 Å². The van der Waals surface area contributed by atoms with Gasteiger partial charge in [0.2, 0.25) is 0 Å². The zero-order chi connectivity index (χ0) is 16.3. The fourth-order valence-corrected chi connectivity index (χ4v) is 2.30. The van der Waals surface area contributed by atoms with Gasteiger partial charge in [-0.2, -0.15) is 0 Å². The summed E-state index contributed by atoms with van der Waals surface area (Å²) in [6.45, 7) is 8.07. The Morgan fingerprint density at radius 3 is 2.41 bits per heavy atom. The number of benzene rings is 1. The van der Waals surface area contributed by atoms with Gasteiger partial charge in [0.15, 0.2) is 0 Å². The number of carbonyl (C=O) groups is 1. The third-order valence-electron chi connectivity index (χ3n) is 3.22. The second-order valence-electron chi connectivity index (χ2n) is 5.97. The minimum absolute atomic E-state index is 0.159. The van der Waals surface area contributed by atoms with Crippen LogP contribution in [0.4, 0.5) is 0 Å². The Morgan fingerprint density at radius 1 is 1.27 bits per heavy atom. The van der Waals surface area contributed by atoms with Crippen molar-refractivity contribution in [1.29, 1.82) is 0 Å². The maximum Gasteiger partial charge on any atom is 0.338 e. The van der Waals surface area contributed by atoms with Crippen molar-refractivity contribution < 1.29 is 14.6 Å². The molecule has 0 aliphatic rings. The Kier molecular flexibility index (Phi) is 4.61. The van der Waals surface area contributed by atoms with Crippen molar-refractivity contribution in [2.75, 3.05) is 6.61 Å². The Bertz CT molecular complexity index is 654. The molecule has 0 radical (unpaired) electrons. The van der Waals surface area contributed by atoms with Gasteiger partial charge in [-0.05, 0) is 31.2 Å². The van der Waals surface area contributed by atoms with Crippen molar-refractivity contribution in [2.45, 2.75) is 39.7 Å². The summed E-state index contributed by atoms with van der Waals surface area (Å²) in [5, 5.41) is 17.6. The van der Waals surface area contributed by atoms with Gasteiger partial charge in [-0.1, -0.05) is 26.0 Å². The molecular weight excluding hydrogens is 282 g/mol. The summed E-state index contributed by atoms with van der Waals surface area (Å²) in [7, 11) is 0. The van der Waals surface area contributed by atoms with E-state index >= 15 is 0 Å². The Morgan fingerprint density at radius 2 is 1.91 bits per heavy atom. The van der Waals surface area contributed by atoms with E-state index in [0.717, 1.165) is 11.4 Å². The lowest BCUT2D eigenvalue weighted by molar-refractivity contribution is 0.0526. The van der Waals surface area contributed by atoms with E-state index in [1.54, 1.807) is 35.9 Å². The lowest BCUT2D eigenvalue weighted by atomic mass is 9.90. The maximum absolute atomic E-state index is 11.7. The molecule has 0 aliphatic carbocycles. The summed E-state index contributed by atoms with van der Waals surface area (Å²) < 4.78 is 6.66. The summed E-state index contributed by atoms with van der Waals surface area (Å²) in [6, 6.07) is 6.97. The molecule has 1 aromatic heterocycles. The standard InChI is InChI=1S/C16H21N3O3/c1-5-22-15(21)11-6-8-12(9-7-11)19-14(16(2,3)4)13(10-20)17-18-19/h6-9,20H,5,10H2,1-4H3. The van der Waals surface area contributed by atoms with Crippen molar-refractivity contribution in [3.63, 3.8) is 0 Å². The van der Waals surface area contributed by atoms with Crippen LogP contribution in [0.15, 0.2) is 24.3 Å². The highest BCUT2D eigenvalue weighted by Crippen LogP contribution is 2.27. The van der Waals surface area contributed by atoms with Gasteiger partial charge in [-0.15, -0.1) is 5.10 Å². The molecule has 6 heteroatoms. The topological polar surface area (TPSA) is 77.2 Å². The van der Waals surface area contributed by atoms with Crippen LogP contribution < -0.4 is 0 Å². The third kappa shape index (κ3) is 3.17. The van der Waals surface area contributed by atoms with Gasteiger partial charge in [0.1, 0.15) is 5.69 Å². The van der Waals surface area contributed by atoms with Crippen LogP contribution in [-0.2, 0) is 16.8 Å². The number of hydrogen-bond acceptors (Lipinski definition) is 5. The molecule has 2 aromatic rings. The number of hydrogen-bond donors (Lipinski definition) is 1. The molecule has 0 unspecified atom stereocenters. The maximum atomic E-state index is 11.7. The molecule has 0 fully saturated rings. The SMILES string of the molecule is CCOC(=O)c1ccc(-n2nnc(CO)c2C(C)(C)C)cc1. The quantitative estimate of drug-likeness (QED) is 0.876. The molecule has 0 bridgehead atoms. The number of nitrogens with zero attached hydrogens (tertiary/aromatic N) is 3. The van der Waals surface area contributed by atoms with E-state index in [0.29, 0.717) is 17.9 Å². The summed E-state index contributed by atoms with van der Waals surface area (Å²) in [6.07, 6.45) is 0. The van der Waals surface area contributed by atoms with Crippen LogP contribution in [0.25, 0.3) is 5.69 Å². The number of aromatic nitrogens is 3. The Balaban J connectivity index is 2.41. The molecule has 0 saturated carbocycles. The fraction of sp³-hybridized carbons (Fsp3) is 0.438. The van der Waals surface area contributed by atoms with Crippen LogP contribution in [0.5, 0.6) is 0 Å². The van der Waals surface area contributed by atoms with Gasteiger partial charge in [0.25, 0.3) is 0 Å². The molecular formula is C16H21N3O3. The predicted molar refractivity (Wildman–Crippen MR) is 81.9 cm³/mol. The van der Waals surface area contributed by atoms with E-state index in [1.165, 1.54) is 0 Å². The highest BCUT2D eigenvalue weighted by atomic mass is 16.5. The van der Waals surface area contributed by atoms with Crippen LogP contribution >= 0.6 is 0 Å². The highest BCUT2D eigenvalue weighted by Gasteiger charge is 2.25. The van der Waals surface area contributed by atoms with Gasteiger partial charge in [0, 0.05) is 5.41 Å². The smallest absolute Gasteiger partial charge is 0.338 e. The third-order valence-corrected chi connectivity index (χ3v) is 3.22. The molecule has 6 nitrogen and oxygen atoms in total. The monoisotopic (exact) mass is 303 g/mol. The van der Waals surface area contributed by atoms with E-state index in [4.69, 9.17) is 4.74 Å². The number of ether oxygens (including phenoxy) is 1. The van der Waals surface area contributed by atoms with Gasteiger partial charge < -0.3 is 9.84 Å². The molecule has 22 heavy (non-hydrogen) atoms. The number of rotatable bonds is 4. The lowest BCUT2D eigenvalue weighted by Gasteiger charge is -2.21. The number of aliphatic hydroxyl groups excluding tert-OH is 1. The summed E-state index contributed by atoms with van der Waals surface area (Å²) in [4.78, 5) is 11.7. The number of esters is 1. The van der Waals surface area contributed by atoms with Gasteiger partial charge in [-0.3, -0.25) is 0 Å². The van der Waals surface area contributed by atoms with Crippen LogP contribution in [0, 0.1) is 0 Å². The van der Waals surface area contributed by atoms with E-state index in [1.807, 2.05) is 20.8 Å². The van der Waals surface area contributed by atoms with E-state index in [-0.39, 0.29) is 18.0 Å². The minimum atomic E-state index is -0.347. The van der Waals surface area contributed by atoms with E-state index in [2.05, 4.69) is 10.3 Å². The fourth-order valence-electron chi connectivity index (χ4n) is 2.30. The second kappa shape index (κ2) is 6.27. The highest BCUT2D eigenvalue weighted by molar-refractivity contribution is 5.89. The summed E-state index contributed by atoms with van der Waals surface area (Å²) in [5.74, 6) is -0.347. The molecule has 0 spiro atoms. The van der Waals surface area contributed by atoms with Crippen LogP contribution in [0.3, 0.4) is 0 Å². The molecule has 118 valence electrons. The second-order valence-corrected chi connectivity index (χ2v) is 5.97. The average molecular weight is 303 g/mol. The lowest BCUT2D eigenvalue weighted by Crippen LogP contribution is -2.19. The number of aliphatic hydroxyl groups is 1. The van der Waals surface area contributed by atoms with Crippen molar-refractivity contribution in [1.82, 2.24) is 15.0 Å². The molecule has 1 aromatic carbocycles. The first-order chi connectivity index (χ1) is 10.4. The van der Waals surface area contributed by atoms with E-state index < -0.39 is 0 Å². The molecule has 2 rings (SSSR count). The minimum Gasteiger partial charge on any atom is -0.462 e. The molecule has 0 amide bonds. The first-order valence-electron chi connectivity index (χ1n) is 7.22. The predicted octanol–water partition coefficient (Wildman–Crippen LogP) is 2.23. The van der Waals surface area contributed by atoms with E-state index in [9.17, 15) is 9.90 Å². The molecule has 1 heterocycles. The van der Waals surface area contributed by atoms with Crippen molar-refractivity contribution in [2.24, 2.45) is 0 Å². The first-order valence-corrected chi connectivity index (χ1v) is 7.22. The Hall–Kier alpha value is -2.21. The summed E-state index contributed by atoms with van der Waals surface area (Å²) >= 11 is 0. The molecule has 0 atom stereocenters. The zero-order valence-corrected chi connectivity index (χ0v) is 13.3. The molecule has 0 saturated heterocycles. The van der Waals surface area contributed by atoms with Crippen molar-refractivity contribution in [3.8, 4) is 5.69 Å².